The van der Waals surface area contributed by atoms with Crippen LogP contribution < -0.4 is 0 Å². The van der Waals surface area contributed by atoms with Crippen LogP contribution in [0.15, 0.2) is 18.2 Å². The number of halogens is 2. The average molecular weight is 474 g/mol. The van der Waals surface area contributed by atoms with Crippen LogP contribution in [-0.2, 0) is 9.53 Å². The lowest BCUT2D eigenvalue weighted by Crippen LogP contribution is -2.46. The minimum atomic E-state index is -1.03. The number of carboxylic acid groups (broad SMARTS) is 1. The number of aliphatic hydroxyl groups is 1. The molecule has 31 heavy (non-hydrogen) atoms. The molecule has 2 heterocycles. The van der Waals surface area contributed by atoms with E-state index >= 15 is 0 Å². The van der Waals surface area contributed by atoms with Gasteiger partial charge in [-0.2, -0.15) is 0 Å². The molecule has 8 nitrogen and oxygen atoms in total. The van der Waals surface area contributed by atoms with Crippen LogP contribution in [0.3, 0.4) is 0 Å². The van der Waals surface area contributed by atoms with Crippen LogP contribution >= 0.6 is 23.2 Å². The second-order valence-corrected chi connectivity index (χ2v) is 8.81. The summed E-state index contributed by atoms with van der Waals surface area (Å²) in [5.41, 5.74) is 0.780. The Labute approximate surface area is 192 Å². The molecule has 2 atom stereocenters. The molecule has 2 saturated heterocycles. The summed E-state index contributed by atoms with van der Waals surface area (Å²) in [7, 11) is 0. The first-order chi connectivity index (χ1) is 14.9. The van der Waals surface area contributed by atoms with Gasteiger partial charge < -0.3 is 24.7 Å². The maximum atomic E-state index is 13.0. The Bertz CT molecular complexity index is 775. The number of amides is 2. The van der Waals surface area contributed by atoms with Crippen molar-refractivity contribution in [1.82, 2.24) is 14.7 Å². The van der Waals surface area contributed by atoms with Gasteiger partial charge in [0.2, 0.25) is 5.91 Å². The highest BCUT2D eigenvalue weighted by Gasteiger charge is 2.34. The first-order valence-corrected chi connectivity index (χ1v) is 11.3. The molecule has 0 bridgehead atoms. The van der Waals surface area contributed by atoms with Crippen molar-refractivity contribution in [1.29, 1.82) is 0 Å². The third-order valence-electron chi connectivity index (χ3n) is 5.82. The topological polar surface area (TPSA) is 93.5 Å². The molecule has 1 aromatic carbocycles. The number of aliphatic hydroxyl groups excluding tert-OH is 1. The van der Waals surface area contributed by atoms with E-state index in [9.17, 15) is 19.8 Å². The van der Waals surface area contributed by atoms with Crippen LogP contribution in [0.4, 0.5) is 4.79 Å². The van der Waals surface area contributed by atoms with E-state index in [2.05, 4.69) is 4.90 Å². The zero-order valence-corrected chi connectivity index (χ0v) is 18.9. The Balaban J connectivity index is 1.82. The zero-order valence-electron chi connectivity index (χ0n) is 17.4. The molecule has 2 aliphatic heterocycles. The summed E-state index contributed by atoms with van der Waals surface area (Å²) >= 11 is 12.3. The molecule has 2 fully saturated rings. The number of nitrogens with zero attached hydrogens (tertiary/aromatic N) is 3. The zero-order chi connectivity index (χ0) is 22.4. The smallest absolute Gasteiger partial charge is 0.407 e. The molecule has 3 rings (SSSR count). The van der Waals surface area contributed by atoms with Crippen molar-refractivity contribution in [3.05, 3.63) is 33.8 Å². The van der Waals surface area contributed by atoms with Crippen molar-refractivity contribution < 1.29 is 24.5 Å². The maximum Gasteiger partial charge on any atom is 0.407 e. The van der Waals surface area contributed by atoms with Crippen LogP contribution in [0.2, 0.25) is 10.0 Å². The van der Waals surface area contributed by atoms with Gasteiger partial charge in [0.1, 0.15) is 0 Å². The highest BCUT2D eigenvalue weighted by molar-refractivity contribution is 6.42. The molecule has 2 N–H and O–H groups in total. The van der Waals surface area contributed by atoms with Crippen molar-refractivity contribution >= 4 is 35.2 Å². The van der Waals surface area contributed by atoms with Crippen molar-refractivity contribution in [3.8, 4) is 0 Å². The molecule has 10 heteroatoms. The van der Waals surface area contributed by atoms with E-state index in [1.807, 2.05) is 6.07 Å². The minimum Gasteiger partial charge on any atom is -0.465 e. The van der Waals surface area contributed by atoms with Gasteiger partial charge in [-0.05, 0) is 43.6 Å². The minimum absolute atomic E-state index is 0.0741. The number of benzene rings is 1. The summed E-state index contributed by atoms with van der Waals surface area (Å²) in [5, 5.41) is 19.9. The van der Waals surface area contributed by atoms with E-state index in [0.717, 1.165) is 31.5 Å². The molecule has 0 aliphatic carbocycles. The molecule has 0 aromatic heterocycles. The molecule has 0 spiro atoms. The number of likely N-dealkylation sites (tertiary alicyclic amines) is 1. The number of ether oxygens (including phenoxy) is 1. The second kappa shape index (κ2) is 11.3. The SMILES string of the molecule is O=C(O)N1CCO[C@@H](c2ccc(Cl)c(Cl)c2)[C@H](CN(CCO)C(=O)CN2CCCC2)C1. The summed E-state index contributed by atoms with van der Waals surface area (Å²) in [6.45, 7) is 3.05. The predicted molar refractivity (Wildman–Crippen MR) is 118 cm³/mol. The Morgan fingerprint density at radius 1 is 1.16 bits per heavy atom. The normalized spacial score (nSPS) is 22.4. The molecule has 0 saturated carbocycles. The number of hydrogen-bond donors (Lipinski definition) is 2. The molecule has 0 unspecified atom stereocenters. The Kier molecular flexibility index (Phi) is 8.80. The first kappa shape index (κ1) is 24.1. The Morgan fingerprint density at radius 2 is 1.90 bits per heavy atom. The lowest BCUT2D eigenvalue weighted by Gasteiger charge is -2.33. The van der Waals surface area contributed by atoms with Gasteiger partial charge in [0.25, 0.3) is 0 Å². The summed E-state index contributed by atoms with van der Waals surface area (Å²) in [6, 6.07) is 5.22. The van der Waals surface area contributed by atoms with Gasteiger partial charge in [-0.15, -0.1) is 0 Å². The second-order valence-electron chi connectivity index (χ2n) is 8.00. The number of carbonyl (C=O) groups is 2. The fraction of sp³-hybridized carbons (Fsp3) is 0.619. The predicted octanol–water partition coefficient (Wildman–Crippen LogP) is 2.58. The summed E-state index contributed by atoms with van der Waals surface area (Å²) in [5.74, 6) is -0.403. The van der Waals surface area contributed by atoms with Crippen molar-refractivity contribution in [2.45, 2.75) is 18.9 Å². The van der Waals surface area contributed by atoms with E-state index in [1.165, 1.54) is 4.90 Å². The van der Waals surface area contributed by atoms with Gasteiger partial charge in [-0.1, -0.05) is 29.3 Å². The van der Waals surface area contributed by atoms with Crippen LogP contribution in [0.25, 0.3) is 0 Å². The first-order valence-electron chi connectivity index (χ1n) is 10.5. The van der Waals surface area contributed by atoms with Crippen LogP contribution in [-0.4, -0.2) is 95.9 Å². The maximum absolute atomic E-state index is 13.0. The lowest BCUT2D eigenvalue weighted by molar-refractivity contribution is -0.134. The van der Waals surface area contributed by atoms with Gasteiger partial charge in [0.15, 0.2) is 0 Å². The van der Waals surface area contributed by atoms with Crippen LogP contribution in [0, 0.1) is 5.92 Å². The van der Waals surface area contributed by atoms with Crippen LogP contribution in [0.5, 0.6) is 0 Å². The summed E-state index contributed by atoms with van der Waals surface area (Å²) in [6.07, 6.45) is 0.674. The molecule has 1 aromatic rings. The molecule has 172 valence electrons. The van der Waals surface area contributed by atoms with E-state index in [4.69, 9.17) is 27.9 Å². The molecular formula is C21H29Cl2N3O5. The highest BCUT2D eigenvalue weighted by atomic mass is 35.5. The molecule has 0 radical (unpaired) electrons. The monoisotopic (exact) mass is 473 g/mol. The van der Waals surface area contributed by atoms with E-state index in [0.29, 0.717) is 16.6 Å². The van der Waals surface area contributed by atoms with E-state index in [1.54, 1.807) is 17.0 Å². The average Bonchev–Trinajstić information content (AvgIpc) is 3.14. The fourth-order valence-electron chi connectivity index (χ4n) is 4.23. The molecule has 2 aliphatic rings. The lowest BCUT2D eigenvalue weighted by atomic mass is 9.94. The van der Waals surface area contributed by atoms with Gasteiger partial charge >= 0.3 is 6.09 Å². The van der Waals surface area contributed by atoms with Crippen molar-refractivity contribution in [2.24, 2.45) is 5.92 Å². The third kappa shape index (κ3) is 6.46. The number of hydrogen-bond acceptors (Lipinski definition) is 5. The van der Waals surface area contributed by atoms with Crippen LogP contribution in [0.1, 0.15) is 24.5 Å². The Hall–Kier alpha value is -1.58. The standard InChI is InChI=1S/C21H29Cl2N3O5/c22-17-4-3-15(11-18(17)23)20-16(13-26(21(29)30)8-10-31-20)12-25(7-9-27)19(28)14-24-5-1-2-6-24/h3-4,11,16,20,27H,1-2,5-10,12-14H2,(H,29,30)/t16-,20+/m1/s1. The van der Waals surface area contributed by atoms with Gasteiger partial charge in [-0.25, -0.2) is 4.79 Å². The number of carbonyl (C=O) groups excluding carboxylic acids is 1. The van der Waals surface area contributed by atoms with E-state index in [-0.39, 0.29) is 51.2 Å². The van der Waals surface area contributed by atoms with Gasteiger partial charge in [0, 0.05) is 32.1 Å². The summed E-state index contributed by atoms with van der Waals surface area (Å²) < 4.78 is 6.05. The third-order valence-corrected chi connectivity index (χ3v) is 6.56. The highest BCUT2D eigenvalue weighted by Crippen LogP contribution is 2.34. The van der Waals surface area contributed by atoms with Gasteiger partial charge in [0.05, 0.1) is 35.9 Å². The fourth-order valence-corrected chi connectivity index (χ4v) is 4.54. The quantitative estimate of drug-likeness (QED) is 0.631. The van der Waals surface area contributed by atoms with Crippen molar-refractivity contribution in [2.75, 3.05) is 59.0 Å². The van der Waals surface area contributed by atoms with Gasteiger partial charge in [-0.3, -0.25) is 9.69 Å². The largest absolute Gasteiger partial charge is 0.465 e. The van der Waals surface area contributed by atoms with Crippen molar-refractivity contribution in [3.63, 3.8) is 0 Å². The summed E-state index contributed by atoms with van der Waals surface area (Å²) in [4.78, 5) is 29.7. The molecule has 2 amide bonds. The van der Waals surface area contributed by atoms with E-state index < -0.39 is 12.2 Å². The Morgan fingerprint density at radius 3 is 2.55 bits per heavy atom. The molecular weight excluding hydrogens is 445 g/mol. The number of rotatable bonds is 7.